The largest absolute Gasteiger partial charge is 0.377 e. The average Bonchev–Trinajstić information content (AvgIpc) is 3.21. The fourth-order valence-electron chi connectivity index (χ4n) is 2.07. The minimum atomic E-state index is -0.470. The normalized spacial score (nSPS) is 22.6. The summed E-state index contributed by atoms with van der Waals surface area (Å²) in [5.41, 5.74) is 5.57. The third-order valence-corrected chi connectivity index (χ3v) is 3.39. The third-order valence-electron chi connectivity index (χ3n) is 3.23. The molecule has 1 aromatic rings. The van der Waals surface area contributed by atoms with Crippen molar-refractivity contribution in [1.29, 1.82) is 0 Å². The molecule has 0 aromatic carbocycles. The standard InChI is InChI=1S/C11H15ClN6O2/c12-9-15-10(13)17-11(16-9)18-3-4-20-5-7(18)8(19)14-6-1-2-6/h6-7H,1-5H2,(H,14,19)(H2,13,15,16,17). The molecule has 1 saturated heterocycles. The number of carbonyl (C=O) groups excluding carboxylic acids is 1. The van der Waals surface area contributed by atoms with E-state index in [9.17, 15) is 4.79 Å². The predicted octanol–water partition coefficient (Wildman–Crippen LogP) is -0.409. The first kappa shape index (κ1) is 13.3. The zero-order valence-electron chi connectivity index (χ0n) is 10.8. The van der Waals surface area contributed by atoms with E-state index in [-0.39, 0.29) is 17.1 Å². The summed E-state index contributed by atoms with van der Waals surface area (Å²) in [6.45, 7) is 1.29. The molecule has 0 bridgehead atoms. The Morgan fingerprint density at radius 2 is 2.20 bits per heavy atom. The summed E-state index contributed by atoms with van der Waals surface area (Å²) in [5.74, 6) is 0.261. The lowest BCUT2D eigenvalue weighted by Gasteiger charge is -2.34. The van der Waals surface area contributed by atoms with Gasteiger partial charge in [-0.25, -0.2) is 0 Å². The maximum atomic E-state index is 12.2. The average molecular weight is 299 g/mol. The van der Waals surface area contributed by atoms with Crippen LogP contribution < -0.4 is 16.0 Å². The molecule has 20 heavy (non-hydrogen) atoms. The molecular weight excluding hydrogens is 284 g/mol. The Kier molecular flexibility index (Phi) is 3.58. The van der Waals surface area contributed by atoms with Gasteiger partial charge in [0.15, 0.2) is 0 Å². The van der Waals surface area contributed by atoms with Crippen LogP contribution in [0.5, 0.6) is 0 Å². The van der Waals surface area contributed by atoms with Crippen LogP contribution in [0.15, 0.2) is 0 Å². The van der Waals surface area contributed by atoms with Crippen molar-refractivity contribution < 1.29 is 9.53 Å². The number of ether oxygens (including phenoxy) is 1. The number of hydrogen-bond acceptors (Lipinski definition) is 7. The first-order chi connectivity index (χ1) is 9.63. The fraction of sp³-hybridized carbons (Fsp3) is 0.636. The number of nitrogens with one attached hydrogen (secondary N) is 1. The second-order valence-electron chi connectivity index (χ2n) is 4.83. The first-order valence-electron chi connectivity index (χ1n) is 6.45. The summed E-state index contributed by atoms with van der Waals surface area (Å²) in [6.07, 6.45) is 2.06. The Labute approximate surface area is 120 Å². The van der Waals surface area contributed by atoms with Gasteiger partial charge in [0, 0.05) is 12.6 Å². The number of halogens is 1. The topological polar surface area (TPSA) is 106 Å². The summed E-state index contributed by atoms with van der Waals surface area (Å²) in [5, 5.41) is 2.97. The van der Waals surface area contributed by atoms with Crippen molar-refractivity contribution in [2.45, 2.75) is 24.9 Å². The summed E-state index contributed by atoms with van der Waals surface area (Å²) in [7, 11) is 0. The van der Waals surface area contributed by atoms with E-state index in [1.54, 1.807) is 4.90 Å². The van der Waals surface area contributed by atoms with Crippen molar-refractivity contribution in [1.82, 2.24) is 20.3 Å². The second-order valence-corrected chi connectivity index (χ2v) is 5.17. The second kappa shape index (κ2) is 5.37. The SMILES string of the molecule is Nc1nc(Cl)nc(N2CCOCC2C(=O)NC2CC2)n1. The molecule has 1 aliphatic heterocycles. The molecular formula is C11H15ClN6O2. The quantitative estimate of drug-likeness (QED) is 0.781. The van der Waals surface area contributed by atoms with Gasteiger partial charge in [-0.1, -0.05) is 0 Å². The molecule has 3 rings (SSSR count). The van der Waals surface area contributed by atoms with E-state index in [4.69, 9.17) is 22.1 Å². The minimum Gasteiger partial charge on any atom is -0.377 e. The molecule has 1 aliphatic carbocycles. The number of nitrogens with two attached hydrogens (primary N) is 1. The molecule has 1 aromatic heterocycles. The fourth-order valence-corrected chi connectivity index (χ4v) is 2.23. The van der Waals surface area contributed by atoms with Gasteiger partial charge in [0.25, 0.3) is 0 Å². The molecule has 1 unspecified atom stereocenters. The maximum Gasteiger partial charge on any atom is 0.245 e. The molecule has 2 fully saturated rings. The third kappa shape index (κ3) is 2.91. The number of amides is 1. The molecule has 3 N–H and O–H groups in total. The van der Waals surface area contributed by atoms with Crippen LogP contribution in [-0.4, -0.2) is 52.7 Å². The molecule has 0 radical (unpaired) electrons. The minimum absolute atomic E-state index is 0.0142. The van der Waals surface area contributed by atoms with E-state index >= 15 is 0 Å². The number of anilines is 2. The predicted molar refractivity (Wildman–Crippen MR) is 72.4 cm³/mol. The Balaban J connectivity index is 1.81. The van der Waals surface area contributed by atoms with E-state index in [1.165, 1.54) is 0 Å². The number of morpholine rings is 1. The van der Waals surface area contributed by atoms with Crippen LogP contribution in [0.25, 0.3) is 0 Å². The van der Waals surface area contributed by atoms with Crippen LogP contribution in [0.2, 0.25) is 5.28 Å². The van der Waals surface area contributed by atoms with Crippen molar-refractivity contribution in [3.05, 3.63) is 5.28 Å². The van der Waals surface area contributed by atoms with Gasteiger partial charge in [0.05, 0.1) is 13.2 Å². The van der Waals surface area contributed by atoms with E-state index in [1.807, 2.05) is 0 Å². The number of carbonyl (C=O) groups is 1. The lowest BCUT2D eigenvalue weighted by molar-refractivity contribution is -0.124. The molecule has 9 heteroatoms. The van der Waals surface area contributed by atoms with E-state index in [2.05, 4.69) is 20.3 Å². The van der Waals surface area contributed by atoms with Crippen molar-refractivity contribution in [3.8, 4) is 0 Å². The number of rotatable bonds is 3. The van der Waals surface area contributed by atoms with Gasteiger partial charge in [-0.15, -0.1) is 0 Å². The van der Waals surface area contributed by atoms with Crippen molar-refractivity contribution >= 4 is 29.4 Å². The number of hydrogen-bond donors (Lipinski definition) is 2. The Morgan fingerprint density at radius 3 is 2.90 bits per heavy atom. The molecule has 2 heterocycles. The van der Waals surface area contributed by atoms with Gasteiger partial charge < -0.3 is 20.7 Å². The number of nitrogen functional groups attached to an aromatic ring is 1. The molecule has 0 spiro atoms. The zero-order valence-corrected chi connectivity index (χ0v) is 11.5. The van der Waals surface area contributed by atoms with Crippen LogP contribution in [0, 0.1) is 0 Å². The lowest BCUT2D eigenvalue weighted by Crippen LogP contribution is -2.55. The molecule has 108 valence electrons. The molecule has 8 nitrogen and oxygen atoms in total. The highest BCUT2D eigenvalue weighted by molar-refractivity contribution is 6.28. The van der Waals surface area contributed by atoms with Crippen LogP contribution in [-0.2, 0) is 9.53 Å². The first-order valence-corrected chi connectivity index (χ1v) is 6.83. The van der Waals surface area contributed by atoms with Gasteiger partial charge in [0.2, 0.25) is 23.1 Å². The van der Waals surface area contributed by atoms with E-state index in [0.717, 1.165) is 12.8 Å². The van der Waals surface area contributed by atoms with E-state index in [0.29, 0.717) is 31.7 Å². The lowest BCUT2D eigenvalue weighted by atomic mass is 10.2. The Hall–Kier alpha value is -1.67. The molecule has 2 aliphatic rings. The van der Waals surface area contributed by atoms with Crippen molar-refractivity contribution in [2.75, 3.05) is 30.4 Å². The van der Waals surface area contributed by atoms with Crippen LogP contribution >= 0.6 is 11.6 Å². The molecule has 1 amide bonds. The summed E-state index contributed by atoms with van der Waals surface area (Å²) < 4.78 is 5.38. The van der Waals surface area contributed by atoms with E-state index < -0.39 is 6.04 Å². The van der Waals surface area contributed by atoms with Crippen molar-refractivity contribution in [3.63, 3.8) is 0 Å². The van der Waals surface area contributed by atoms with Gasteiger partial charge >= 0.3 is 0 Å². The van der Waals surface area contributed by atoms with Crippen LogP contribution in [0.4, 0.5) is 11.9 Å². The summed E-state index contributed by atoms with van der Waals surface area (Å²) in [6, 6.07) is -0.180. The summed E-state index contributed by atoms with van der Waals surface area (Å²) >= 11 is 5.79. The molecule has 1 atom stereocenters. The highest BCUT2D eigenvalue weighted by Crippen LogP contribution is 2.21. The summed E-state index contributed by atoms with van der Waals surface area (Å²) in [4.78, 5) is 25.8. The number of aromatic nitrogens is 3. The van der Waals surface area contributed by atoms with Gasteiger partial charge in [-0.2, -0.15) is 15.0 Å². The van der Waals surface area contributed by atoms with Crippen LogP contribution in [0.1, 0.15) is 12.8 Å². The smallest absolute Gasteiger partial charge is 0.245 e. The highest BCUT2D eigenvalue weighted by atomic mass is 35.5. The van der Waals surface area contributed by atoms with Crippen molar-refractivity contribution in [2.24, 2.45) is 0 Å². The Bertz CT molecular complexity index is 503. The van der Waals surface area contributed by atoms with Gasteiger partial charge in [-0.05, 0) is 24.4 Å². The highest BCUT2D eigenvalue weighted by Gasteiger charge is 2.34. The zero-order chi connectivity index (χ0) is 14.1. The monoisotopic (exact) mass is 298 g/mol. The maximum absolute atomic E-state index is 12.2. The number of nitrogens with zero attached hydrogens (tertiary/aromatic N) is 4. The van der Waals surface area contributed by atoms with Crippen LogP contribution in [0.3, 0.4) is 0 Å². The molecule has 1 saturated carbocycles. The Morgan fingerprint density at radius 1 is 1.40 bits per heavy atom. The van der Waals surface area contributed by atoms with Gasteiger partial charge in [0.1, 0.15) is 6.04 Å². The van der Waals surface area contributed by atoms with Gasteiger partial charge in [-0.3, -0.25) is 4.79 Å².